The van der Waals surface area contributed by atoms with Gasteiger partial charge >= 0.3 is 6.18 Å². The molecule has 2 N–H and O–H groups in total. The number of hydrogen-bond acceptors (Lipinski definition) is 4. The molecule has 1 unspecified atom stereocenters. The zero-order chi connectivity index (χ0) is 16.3. The van der Waals surface area contributed by atoms with Gasteiger partial charge in [-0.3, -0.25) is 4.98 Å². The summed E-state index contributed by atoms with van der Waals surface area (Å²) in [6.45, 7) is 2.21. The van der Waals surface area contributed by atoms with Crippen LogP contribution in [-0.4, -0.2) is 24.7 Å². The third-order valence-corrected chi connectivity index (χ3v) is 3.54. The second kappa shape index (κ2) is 6.55. The molecule has 0 bridgehead atoms. The van der Waals surface area contributed by atoms with Crippen molar-refractivity contribution in [3.63, 3.8) is 0 Å². The lowest BCUT2D eigenvalue weighted by atomic mass is 10.2. The fourth-order valence-corrected chi connectivity index (χ4v) is 2.33. The van der Waals surface area contributed by atoms with Crippen molar-refractivity contribution in [1.82, 2.24) is 10.3 Å². The summed E-state index contributed by atoms with van der Waals surface area (Å²) in [5, 5.41) is 6.26. The Morgan fingerprint density at radius 3 is 2.39 bits per heavy atom. The molecule has 0 spiro atoms. The third kappa shape index (κ3) is 4.00. The molecule has 2 aromatic rings. The standard InChI is InChI=1S/C16H16F3N3O/c17-16(18,19)11-1-3-12(4-2-11)22-13-5-6-14(21-9-13)15-10-20-7-8-23-15/h1-6,9,15,20,22H,7-8,10H2. The zero-order valence-electron chi connectivity index (χ0n) is 12.2. The number of nitrogens with one attached hydrogen (secondary N) is 2. The van der Waals surface area contributed by atoms with Crippen molar-refractivity contribution in [3.05, 3.63) is 53.9 Å². The quantitative estimate of drug-likeness (QED) is 0.907. The molecule has 3 rings (SSSR count). The fourth-order valence-electron chi connectivity index (χ4n) is 2.33. The molecule has 23 heavy (non-hydrogen) atoms. The van der Waals surface area contributed by atoms with Crippen molar-refractivity contribution in [3.8, 4) is 0 Å². The van der Waals surface area contributed by atoms with Gasteiger partial charge in [-0.25, -0.2) is 0 Å². The Kier molecular flexibility index (Phi) is 4.49. The third-order valence-electron chi connectivity index (χ3n) is 3.54. The Hall–Kier alpha value is -2.12. The number of benzene rings is 1. The lowest BCUT2D eigenvalue weighted by Crippen LogP contribution is -2.33. The molecule has 1 atom stereocenters. The Bertz CT molecular complexity index is 635. The van der Waals surface area contributed by atoms with Crippen molar-refractivity contribution in [2.75, 3.05) is 25.0 Å². The van der Waals surface area contributed by atoms with E-state index in [0.717, 1.165) is 30.9 Å². The summed E-state index contributed by atoms with van der Waals surface area (Å²) in [4.78, 5) is 4.35. The maximum absolute atomic E-state index is 12.5. The topological polar surface area (TPSA) is 46.2 Å². The van der Waals surface area contributed by atoms with Crippen LogP contribution in [0, 0.1) is 0 Å². The molecule has 1 aliphatic rings. The van der Waals surface area contributed by atoms with Gasteiger partial charge in [0.1, 0.15) is 6.10 Å². The molecular formula is C16H16F3N3O. The summed E-state index contributed by atoms with van der Waals surface area (Å²) < 4.78 is 43.2. The molecule has 4 nitrogen and oxygen atoms in total. The Morgan fingerprint density at radius 2 is 1.83 bits per heavy atom. The van der Waals surface area contributed by atoms with E-state index in [0.29, 0.717) is 18.0 Å². The number of aromatic nitrogens is 1. The largest absolute Gasteiger partial charge is 0.416 e. The highest BCUT2D eigenvalue weighted by Gasteiger charge is 2.29. The number of halogens is 3. The smallest absolute Gasteiger partial charge is 0.369 e. The second-order valence-electron chi connectivity index (χ2n) is 5.24. The zero-order valence-corrected chi connectivity index (χ0v) is 12.2. The molecule has 0 aliphatic carbocycles. The summed E-state index contributed by atoms with van der Waals surface area (Å²) in [6.07, 6.45) is -2.75. The number of ether oxygens (including phenoxy) is 1. The highest BCUT2D eigenvalue weighted by atomic mass is 19.4. The Balaban J connectivity index is 1.66. The van der Waals surface area contributed by atoms with Crippen LogP contribution in [0.25, 0.3) is 0 Å². The average Bonchev–Trinajstić information content (AvgIpc) is 2.56. The Labute approximate surface area is 131 Å². The number of pyridine rings is 1. The summed E-state index contributed by atoms with van der Waals surface area (Å²) in [5.41, 5.74) is 1.44. The van der Waals surface area contributed by atoms with Crippen LogP contribution in [0.4, 0.5) is 24.5 Å². The van der Waals surface area contributed by atoms with E-state index in [1.165, 1.54) is 12.1 Å². The first-order valence-electron chi connectivity index (χ1n) is 7.25. The van der Waals surface area contributed by atoms with E-state index in [1.807, 2.05) is 12.1 Å². The first-order valence-corrected chi connectivity index (χ1v) is 7.25. The van der Waals surface area contributed by atoms with Gasteiger partial charge in [-0.2, -0.15) is 13.2 Å². The van der Waals surface area contributed by atoms with E-state index in [2.05, 4.69) is 15.6 Å². The molecule has 1 fully saturated rings. The van der Waals surface area contributed by atoms with E-state index in [4.69, 9.17) is 4.74 Å². The number of hydrogen-bond donors (Lipinski definition) is 2. The highest BCUT2D eigenvalue weighted by molar-refractivity contribution is 5.59. The highest BCUT2D eigenvalue weighted by Crippen LogP contribution is 2.30. The molecule has 1 aliphatic heterocycles. The molecule has 122 valence electrons. The van der Waals surface area contributed by atoms with Crippen LogP contribution in [0.3, 0.4) is 0 Å². The number of anilines is 2. The normalized spacial score (nSPS) is 18.7. The molecule has 1 aromatic carbocycles. The summed E-state index contributed by atoms with van der Waals surface area (Å²) in [6, 6.07) is 8.56. The molecule has 0 amide bonds. The molecule has 2 heterocycles. The fraction of sp³-hybridized carbons (Fsp3) is 0.312. The van der Waals surface area contributed by atoms with Gasteiger partial charge in [0.05, 0.1) is 29.7 Å². The van der Waals surface area contributed by atoms with Gasteiger partial charge in [0.2, 0.25) is 0 Å². The summed E-state index contributed by atoms with van der Waals surface area (Å²) in [5.74, 6) is 0. The number of alkyl halides is 3. The van der Waals surface area contributed by atoms with Gasteiger partial charge in [-0.05, 0) is 36.4 Å². The molecule has 7 heteroatoms. The van der Waals surface area contributed by atoms with Gasteiger partial charge in [0.25, 0.3) is 0 Å². The minimum absolute atomic E-state index is 0.0659. The van der Waals surface area contributed by atoms with Crippen LogP contribution in [0.5, 0.6) is 0 Å². The lowest BCUT2D eigenvalue weighted by molar-refractivity contribution is -0.137. The second-order valence-corrected chi connectivity index (χ2v) is 5.24. The van der Waals surface area contributed by atoms with E-state index in [1.54, 1.807) is 6.20 Å². The number of nitrogens with zero attached hydrogens (tertiary/aromatic N) is 1. The van der Waals surface area contributed by atoms with Crippen LogP contribution in [-0.2, 0) is 10.9 Å². The van der Waals surface area contributed by atoms with Crippen molar-refractivity contribution in [2.45, 2.75) is 12.3 Å². The van der Waals surface area contributed by atoms with Crippen molar-refractivity contribution in [1.29, 1.82) is 0 Å². The van der Waals surface area contributed by atoms with E-state index >= 15 is 0 Å². The first kappa shape index (κ1) is 15.8. The predicted octanol–water partition coefficient (Wildman–Crippen LogP) is 3.50. The van der Waals surface area contributed by atoms with Gasteiger partial charge in [-0.15, -0.1) is 0 Å². The summed E-state index contributed by atoms with van der Waals surface area (Å²) >= 11 is 0. The number of morpholine rings is 1. The van der Waals surface area contributed by atoms with Gasteiger partial charge in [-0.1, -0.05) is 0 Å². The first-order chi connectivity index (χ1) is 11.0. The van der Waals surface area contributed by atoms with Crippen LogP contribution < -0.4 is 10.6 Å². The Morgan fingerprint density at radius 1 is 1.09 bits per heavy atom. The van der Waals surface area contributed by atoms with Crippen LogP contribution in [0.2, 0.25) is 0 Å². The van der Waals surface area contributed by atoms with Gasteiger partial charge in [0.15, 0.2) is 0 Å². The summed E-state index contributed by atoms with van der Waals surface area (Å²) in [7, 11) is 0. The van der Waals surface area contributed by atoms with Crippen molar-refractivity contribution >= 4 is 11.4 Å². The molecule has 1 aromatic heterocycles. The van der Waals surface area contributed by atoms with Crippen molar-refractivity contribution in [2.24, 2.45) is 0 Å². The predicted molar refractivity (Wildman–Crippen MR) is 80.5 cm³/mol. The maximum Gasteiger partial charge on any atom is 0.416 e. The maximum atomic E-state index is 12.5. The van der Waals surface area contributed by atoms with Gasteiger partial charge < -0.3 is 15.4 Å². The SMILES string of the molecule is FC(F)(F)c1ccc(Nc2ccc(C3CNCCO3)nc2)cc1. The number of rotatable bonds is 3. The minimum Gasteiger partial charge on any atom is -0.369 e. The lowest BCUT2D eigenvalue weighted by Gasteiger charge is -2.23. The van der Waals surface area contributed by atoms with E-state index in [-0.39, 0.29) is 6.10 Å². The van der Waals surface area contributed by atoms with E-state index < -0.39 is 11.7 Å². The monoisotopic (exact) mass is 323 g/mol. The van der Waals surface area contributed by atoms with Crippen LogP contribution in [0.15, 0.2) is 42.6 Å². The molecule has 0 saturated carbocycles. The van der Waals surface area contributed by atoms with Gasteiger partial charge in [0, 0.05) is 18.8 Å². The minimum atomic E-state index is -4.32. The van der Waals surface area contributed by atoms with E-state index in [9.17, 15) is 13.2 Å². The van der Waals surface area contributed by atoms with Crippen LogP contribution in [0.1, 0.15) is 17.4 Å². The van der Waals surface area contributed by atoms with Crippen LogP contribution >= 0.6 is 0 Å². The molecule has 1 saturated heterocycles. The average molecular weight is 323 g/mol. The van der Waals surface area contributed by atoms with Crippen molar-refractivity contribution < 1.29 is 17.9 Å². The molecular weight excluding hydrogens is 307 g/mol. The molecule has 0 radical (unpaired) electrons.